The molecule has 9 heteroatoms. The van der Waals surface area contributed by atoms with Crippen LogP contribution >= 0.6 is 15.9 Å². The first-order valence-electron chi connectivity index (χ1n) is 7.04. The summed E-state index contributed by atoms with van der Waals surface area (Å²) in [4.78, 5) is 0. The number of aromatic nitrogens is 4. The average Bonchev–Trinajstić information content (AvgIpc) is 3.15. The lowest BCUT2D eigenvalue weighted by atomic mass is 10.2. The van der Waals surface area contributed by atoms with Gasteiger partial charge in [-0.25, -0.2) is 0 Å². The summed E-state index contributed by atoms with van der Waals surface area (Å²) < 4.78 is 36.9. The molecule has 24 heavy (non-hydrogen) atoms. The first kappa shape index (κ1) is 16.6. The van der Waals surface area contributed by atoms with Crippen LogP contribution in [0, 0.1) is 6.92 Å². The van der Waals surface area contributed by atoms with E-state index in [1.165, 1.54) is 12.1 Å². The molecule has 1 atom stereocenters. The fourth-order valence-electron chi connectivity index (χ4n) is 2.07. The van der Waals surface area contributed by atoms with Crippen molar-refractivity contribution < 1.29 is 17.9 Å². The van der Waals surface area contributed by atoms with Gasteiger partial charge in [-0.05, 0) is 54.0 Å². The Kier molecular flexibility index (Phi) is 4.61. The zero-order valence-corrected chi connectivity index (χ0v) is 14.4. The molecule has 1 unspecified atom stereocenters. The van der Waals surface area contributed by atoms with E-state index in [9.17, 15) is 8.78 Å². The Labute approximate surface area is 144 Å². The quantitative estimate of drug-likeness (QED) is 0.643. The van der Waals surface area contributed by atoms with E-state index in [1.54, 1.807) is 16.8 Å². The largest absolute Gasteiger partial charge is 0.435 e. The van der Waals surface area contributed by atoms with Crippen LogP contribution in [0.25, 0.3) is 11.5 Å². The molecule has 0 aliphatic rings. The second kappa shape index (κ2) is 6.68. The summed E-state index contributed by atoms with van der Waals surface area (Å²) in [5.41, 5.74) is 1.47. The number of hydrogen-bond donors (Lipinski definition) is 0. The third-order valence-electron chi connectivity index (χ3n) is 3.38. The summed E-state index contributed by atoms with van der Waals surface area (Å²) in [5, 5.41) is 12.4. The van der Waals surface area contributed by atoms with Crippen molar-refractivity contribution in [3.63, 3.8) is 0 Å². The van der Waals surface area contributed by atoms with Gasteiger partial charge in [-0.1, -0.05) is 0 Å². The number of nitrogens with zero attached hydrogens (tertiary/aromatic N) is 4. The number of halogens is 3. The maximum absolute atomic E-state index is 12.2. The highest BCUT2D eigenvalue weighted by molar-refractivity contribution is 9.10. The van der Waals surface area contributed by atoms with Gasteiger partial charge in [0, 0.05) is 11.8 Å². The fourth-order valence-corrected chi connectivity index (χ4v) is 2.36. The van der Waals surface area contributed by atoms with Crippen molar-refractivity contribution in [3.8, 4) is 17.2 Å². The highest BCUT2D eigenvalue weighted by Gasteiger charge is 2.18. The molecule has 0 aliphatic carbocycles. The molecule has 0 radical (unpaired) electrons. The zero-order valence-electron chi connectivity index (χ0n) is 12.8. The minimum atomic E-state index is -2.86. The Morgan fingerprint density at radius 3 is 2.50 bits per heavy atom. The first-order valence-corrected chi connectivity index (χ1v) is 7.83. The molecule has 2 aromatic heterocycles. The van der Waals surface area contributed by atoms with Gasteiger partial charge in [0.15, 0.2) is 0 Å². The van der Waals surface area contributed by atoms with Crippen LogP contribution in [0.3, 0.4) is 0 Å². The van der Waals surface area contributed by atoms with Gasteiger partial charge < -0.3 is 9.15 Å². The average molecular weight is 399 g/mol. The van der Waals surface area contributed by atoms with E-state index in [-0.39, 0.29) is 11.8 Å². The Bertz CT molecular complexity index is 813. The van der Waals surface area contributed by atoms with E-state index < -0.39 is 6.61 Å². The third kappa shape index (κ3) is 3.45. The van der Waals surface area contributed by atoms with E-state index >= 15 is 0 Å². The van der Waals surface area contributed by atoms with Crippen molar-refractivity contribution in [2.45, 2.75) is 26.5 Å². The van der Waals surface area contributed by atoms with Crippen molar-refractivity contribution in [3.05, 3.63) is 46.5 Å². The summed E-state index contributed by atoms with van der Waals surface area (Å²) in [6.07, 6.45) is 1.83. The van der Waals surface area contributed by atoms with Crippen molar-refractivity contribution in [2.75, 3.05) is 0 Å². The van der Waals surface area contributed by atoms with Crippen LogP contribution in [0.4, 0.5) is 8.78 Å². The molecule has 0 N–H and O–H groups in total. The zero-order chi connectivity index (χ0) is 17.3. The summed E-state index contributed by atoms with van der Waals surface area (Å²) in [6.45, 7) is 0.911. The molecule has 126 valence electrons. The van der Waals surface area contributed by atoms with Crippen molar-refractivity contribution >= 4 is 15.9 Å². The topological polar surface area (TPSA) is 66.0 Å². The summed E-state index contributed by atoms with van der Waals surface area (Å²) in [6, 6.07) is 5.76. The van der Waals surface area contributed by atoms with Gasteiger partial charge in [0.25, 0.3) is 0 Å². The number of aryl methyl sites for hydroxylation is 1. The Morgan fingerprint density at radius 2 is 1.92 bits per heavy atom. The predicted molar refractivity (Wildman–Crippen MR) is 84.8 cm³/mol. The van der Waals surface area contributed by atoms with Crippen molar-refractivity contribution in [1.82, 2.24) is 20.0 Å². The van der Waals surface area contributed by atoms with Gasteiger partial charge in [0.2, 0.25) is 11.8 Å². The maximum Gasteiger partial charge on any atom is 0.387 e. The van der Waals surface area contributed by atoms with Crippen LogP contribution < -0.4 is 4.74 Å². The molecule has 3 aromatic rings. The summed E-state index contributed by atoms with van der Waals surface area (Å²) in [5.74, 6) is 0.759. The lowest BCUT2D eigenvalue weighted by Crippen LogP contribution is -2.07. The molecule has 0 fully saturated rings. The smallest absolute Gasteiger partial charge is 0.387 e. The lowest BCUT2D eigenvalue weighted by Gasteiger charge is -2.06. The van der Waals surface area contributed by atoms with Gasteiger partial charge in [0.1, 0.15) is 11.8 Å². The van der Waals surface area contributed by atoms with E-state index in [0.29, 0.717) is 17.3 Å². The molecule has 0 spiro atoms. The van der Waals surface area contributed by atoms with E-state index in [1.807, 2.05) is 20.0 Å². The van der Waals surface area contributed by atoms with Gasteiger partial charge in [0.05, 0.1) is 10.2 Å². The van der Waals surface area contributed by atoms with Gasteiger partial charge in [-0.3, -0.25) is 4.68 Å². The fraction of sp³-hybridized carbons (Fsp3) is 0.267. The molecule has 1 aromatic carbocycles. The molecule has 0 aliphatic heterocycles. The van der Waals surface area contributed by atoms with E-state index in [4.69, 9.17) is 4.42 Å². The Hall–Kier alpha value is -2.29. The molecular weight excluding hydrogens is 386 g/mol. The SMILES string of the molecule is Cc1nn(C(C)c2nnc(-c3ccc(OC(F)F)cc3)o2)cc1Br. The van der Waals surface area contributed by atoms with Crippen LogP contribution in [-0.2, 0) is 0 Å². The molecule has 0 amide bonds. The molecule has 3 rings (SSSR count). The third-order valence-corrected chi connectivity index (χ3v) is 4.16. The van der Waals surface area contributed by atoms with E-state index in [0.717, 1.165) is 10.2 Å². The Balaban J connectivity index is 1.79. The molecule has 0 saturated carbocycles. The van der Waals surface area contributed by atoms with Crippen LogP contribution in [0.15, 0.2) is 39.4 Å². The normalized spacial score (nSPS) is 12.6. The highest BCUT2D eigenvalue weighted by atomic mass is 79.9. The standard InChI is InChI=1S/C15H13BrF2N4O2/c1-8-12(16)7-22(21-8)9(2)13-19-20-14(24-13)10-3-5-11(6-4-10)23-15(17)18/h3-7,9,15H,1-2H3. The van der Waals surface area contributed by atoms with Gasteiger partial charge in [-0.2, -0.15) is 13.9 Å². The number of benzene rings is 1. The van der Waals surface area contributed by atoms with Crippen LogP contribution in [0.5, 0.6) is 5.75 Å². The second-order valence-corrected chi connectivity index (χ2v) is 5.92. The second-order valence-electron chi connectivity index (χ2n) is 5.07. The minimum Gasteiger partial charge on any atom is -0.435 e. The maximum atomic E-state index is 12.2. The number of hydrogen-bond acceptors (Lipinski definition) is 5. The van der Waals surface area contributed by atoms with Crippen LogP contribution in [-0.4, -0.2) is 26.6 Å². The molecule has 0 bridgehead atoms. The lowest BCUT2D eigenvalue weighted by molar-refractivity contribution is -0.0498. The summed E-state index contributed by atoms with van der Waals surface area (Å²) >= 11 is 3.41. The predicted octanol–water partition coefficient (Wildman–Crippen LogP) is 4.21. The van der Waals surface area contributed by atoms with Crippen molar-refractivity contribution in [2.24, 2.45) is 0 Å². The van der Waals surface area contributed by atoms with Crippen LogP contribution in [0.2, 0.25) is 0 Å². The molecule has 2 heterocycles. The summed E-state index contributed by atoms with van der Waals surface area (Å²) in [7, 11) is 0. The molecular formula is C15H13BrF2N4O2. The van der Waals surface area contributed by atoms with Crippen LogP contribution in [0.1, 0.15) is 24.6 Å². The number of alkyl halides is 2. The van der Waals surface area contributed by atoms with Gasteiger partial charge >= 0.3 is 6.61 Å². The van der Waals surface area contributed by atoms with E-state index in [2.05, 4.69) is 36.0 Å². The number of ether oxygens (including phenoxy) is 1. The first-order chi connectivity index (χ1) is 11.4. The minimum absolute atomic E-state index is 0.0683. The molecule has 6 nitrogen and oxygen atoms in total. The highest BCUT2D eigenvalue weighted by Crippen LogP contribution is 2.26. The van der Waals surface area contributed by atoms with Crippen molar-refractivity contribution in [1.29, 1.82) is 0 Å². The van der Waals surface area contributed by atoms with Gasteiger partial charge in [-0.15, -0.1) is 10.2 Å². The Morgan fingerprint density at radius 1 is 1.21 bits per heavy atom. The monoisotopic (exact) mass is 398 g/mol. The molecule has 0 saturated heterocycles. The number of rotatable bonds is 5.